The Morgan fingerprint density at radius 3 is 1.76 bits per heavy atom. The zero-order valence-electron chi connectivity index (χ0n) is 25.8. The van der Waals surface area contributed by atoms with E-state index in [0.717, 1.165) is 0 Å². The quantitative estimate of drug-likeness (QED) is 0.195. The van der Waals surface area contributed by atoms with Crippen LogP contribution in [-0.2, 0) is 5.41 Å². The molecule has 0 saturated heterocycles. The first-order chi connectivity index (χ1) is 22.6. The van der Waals surface area contributed by atoms with Crippen LogP contribution in [0.2, 0.25) is 0 Å². The summed E-state index contributed by atoms with van der Waals surface area (Å²) in [4.78, 5) is 0. The van der Waals surface area contributed by atoms with Crippen LogP contribution in [0, 0.1) is 0 Å². The molecule has 0 unspecified atom stereocenters. The minimum atomic E-state index is -0.196. The zero-order valence-corrected chi connectivity index (χ0v) is 25.8. The molecule has 0 aliphatic carbocycles. The molecule has 9 aromatic rings. The predicted molar refractivity (Wildman–Crippen MR) is 192 cm³/mol. The van der Waals surface area contributed by atoms with Gasteiger partial charge < -0.3 is 13.7 Å². The molecule has 3 heteroatoms. The van der Waals surface area contributed by atoms with Crippen molar-refractivity contribution in [1.29, 1.82) is 0 Å². The third-order valence-corrected chi connectivity index (χ3v) is 10.2. The normalized spacial score (nSPS) is 13.6. The molecule has 0 atom stereocenters. The summed E-state index contributed by atoms with van der Waals surface area (Å²) < 4.78 is 7.49. The van der Waals surface area contributed by atoms with Crippen LogP contribution in [0.5, 0.6) is 0 Å². The number of aromatic nitrogens is 3. The van der Waals surface area contributed by atoms with E-state index in [0.29, 0.717) is 0 Å². The molecule has 0 fully saturated rings. The van der Waals surface area contributed by atoms with Gasteiger partial charge >= 0.3 is 0 Å². The molecular weight excluding hydrogens is 558 g/mol. The summed E-state index contributed by atoms with van der Waals surface area (Å²) in [5, 5.41) is 5.10. The second-order valence-electron chi connectivity index (χ2n) is 13.0. The first kappa shape index (κ1) is 25.5. The molecule has 4 heterocycles. The van der Waals surface area contributed by atoms with Gasteiger partial charge in [-0.3, -0.25) is 0 Å². The van der Waals surface area contributed by atoms with E-state index in [1.807, 2.05) is 0 Å². The Hall–Kier alpha value is -5.80. The lowest BCUT2D eigenvalue weighted by atomic mass is 9.83. The second-order valence-corrected chi connectivity index (χ2v) is 13.0. The standard InChI is InChI=1S/C43H31N3/c1-43(2)34-21-11-14-24-38(34)46-40(28-15-5-3-6-16-28)39-33-27-30(44-35-22-12-9-19-31(35)32-20-10-13-23-36(32)44)25-26-37(33)45(41(39)42(43)46)29-17-7-4-8-18-29/h3-27H,1-2H3. The van der Waals surface area contributed by atoms with E-state index in [9.17, 15) is 0 Å². The van der Waals surface area contributed by atoms with Gasteiger partial charge in [-0.05, 0) is 59.7 Å². The molecule has 0 radical (unpaired) electrons. The Balaban J connectivity index is 1.42. The van der Waals surface area contributed by atoms with Gasteiger partial charge in [0, 0.05) is 38.3 Å². The van der Waals surface area contributed by atoms with E-state index in [1.54, 1.807) is 0 Å². The highest BCUT2D eigenvalue weighted by atomic mass is 15.1. The van der Waals surface area contributed by atoms with Crippen LogP contribution in [0.1, 0.15) is 25.1 Å². The maximum atomic E-state index is 2.56. The van der Waals surface area contributed by atoms with Crippen molar-refractivity contribution in [1.82, 2.24) is 13.7 Å². The van der Waals surface area contributed by atoms with Crippen LogP contribution >= 0.6 is 0 Å². The van der Waals surface area contributed by atoms with Crippen molar-refractivity contribution in [3.8, 4) is 28.3 Å². The summed E-state index contributed by atoms with van der Waals surface area (Å²) in [7, 11) is 0. The van der Waals surface area contributed by atoms with Gasteiger partial charge in [-0.25, -0.2) is 0 Å². The Bertz CT molecular complexity index is 2590. The Morgan fingerprint density at radius 2 is 1.04 bits per heavy atom. The van der Waals surface area contributed by atoms with Crippen molar-refractivity contribution in [2.45, 2.75) is 19.3 Å². The Kier molecular flexibility index (Phi) is 5.06. The summed E-state index contributed by atoms with van der Waals surface area (Å²) in [6.45, 7) is 4.77. The molecule has 0 amide bonds. The van der Waals surface area contributed by atoms with Gasteiger partial charge in [0.25, 0.3) is 0 Å². The van der Waals surface area contributed by atoms with Crippen LogP contribution < -0.4 is 0 Å². The largest absolute Gasteiger partial charge is 0.310 e. The minimum Gasteiger partial charge on any atom is -0.310 e. The second kappa shape index (κ2) is 9.12. The topological polar surface area (TPSA) is 14.8 Å². The van der Waals surface area contributed by atoms with Crippen molar-refractivity contribution < 1.29 is 0 Å². The van der Waals surface area contributed by atoms with Crippen molar-refractivity contribution in [3.05, 3.63) is 163 Å². The summed E-state index contributed by atoms with van der Waals surface area (Å²) in [5.41, 5.74) is 13.5. The minimum absolute atomic E-state index is 0.196. The Labute approximate surface area is 267 Å². The number of benzene rings is 6. The van der Waals surface area contributed by atoms with E-state index in [4.69, 9.17) is 0 Å². The molecule has 0 N–H and O–H groups in total. The molecule has 10 rings (SSSR count). The summed E-state index contributed by atoms with van der Waals surface area (Å²) >= 11 is 0. The number of para-hydroxylation sites is 4. The molecule has 0 saturated carbocycles. The number of nitrogens with zero attached hydrogens (tertiary/aromatic N) is 3. The van der Waals surface area contributed by atoms with Gasteiger partial charge in [0.1, 0.15) is 0 Å². The summed E-state index contributed by atoms with van der Waals surface area (Å²) in [6.07, 6.45) is 0. The van der Waals surface area contributed by atoms with Crippen LogP contribution in [-0.4, -0.2) is 13.7 Å². The van der Waals surface area contributed by atoms with Gasteiger partial charge in [0.05, 0.1) is 39.1 Å². The van der Waals surface area contributed by atoms with E-state index in [-0.39, 0.29) is 5.41 Å². The van der Waals surface area contributed by atoms with E-state index in [1.165, 1.54) is 83.2 Å². The highest BCUT2D eigenvalue weighted by Crippen LogP contribution is 2.53. The average Bonchev–Trinajstić information content (AvgIpc) is 3.79. The molecule has 3 aromatic heterocycles. The fourth-order valence-electron chi connectivity index (χ4n) is 8.27. The van der Waals surface area contributed by atoms with Gasteiger partial charge in [-0.15, -0.1) is 0 Å². The van der Waals surface area contributed by atoms with Crippen LogP contribution in [0.4, 0.5) is 0 Å². The van der Waals surface area contributed by atoms with Crippen LogP contribution in [0.3, 0.4) is 0 Å². The molecule has 1 aliphatic heterocycles. The van der Waals surface area contributed by atoms with Gasteiger partial charge in [0.2, 0.25) is 0 Å². The molecule has 6 aromatic carbocycles. The lowest BCUT2D eigenvalue weighted by Gasteiger charge is -2.20. The predicted octanol–water partition coefficient (Wildman–Crippen LogP) is 11.0. The lowest BCUT2D eigenvalue weighted by Crippen LogP contribution is -2.16. The third-order valence-electron chi connectivity index (χ3n) is 10.2. The van der Waals surface area contributed by atoms with Crippen molar-refractivity contribution in [2.24, 2.45) is 0 Å². The van der Waals surface area contributed by atoms with Crippen molar-refractivity contribution in [3.63, 3.8) is 0 Å². The third kappa shape index (κ3) is 3.22. The van der Waals surface area contributed by atoms with E-state index in [2.05, 4.69) is 179 Å². The molecular formula is C43H31N3. The van der Waals surface area contributed by atoms with Gasteiger partial charge in [-0.1, -0.05) is 117 Å². The molecule has 218 valence electrons. The molecule has 0 spiro atoms. The molecule has 3 nitrogen and oxygen atoms in total. The first-order valence-corrected chi connectivity index (χ1v) is 16.1. The maximum absolute atomic E-state index is 2.56. The van der Waals surface area contributed by atoms with E-state index < -0.39 is 0 Å². The highest BCUT2D eigenvalue weighted by molar-refractivity contribution is 6.19. The van der Waals surface area contributed by atoms with Crippen molar-refractivity contribution in [2.75, 3.05) is 0 Å². The number of rotatable bonds is 3. The fourth-order valence-corrected chi connectivity index (χ4v) is 8.27. The Morgan fingerprint density at radius 1 is 0.457 bits per heavy atom. The average molecular weight is 590 g/mol. The highest BCUT2D eigenvalue weighted by Gasteiger charge is 2.42. The maximum Gasteiger partial charge on any atom is 0.0770 e. The smallest absolute Gasteiger partial charge is 0.0770 e. The van der Waals surface area contributed by atoms with E-state index >= 15 is 0 Å². The van der Waals surface area contributed by atoms with Gasteiger partial charge in [-0.2, -0.15) is 0 Å². The SMILES string of the molecule is CC1(C)c2ccccc2-n2c(-c3ccccc3)c3c4cc(-n5c6ccccc6c6ccccc65)ccc4n(-c4ccccc4)c3c21. The van der Waals surface area contributed by atoms with Crippen LogP contribution in [0.15, 0.2) is 152 Å². The monoisotopic (exact) mass is 589 g/mol. The summed E-state index contributed by atoms with van der Waals surface area (Å²) in [5.74, 6) is 0. The van der Waals surface area contributed by atoms with Gasteiger partial charge in [0.15, 0.2) is 0 Å². The summed E-state index contributed by atoms with van der Waals surface area (Å²) in [6, 6.07) is 55.4. The molecule has 1 aliphatic rings. The number of fused-ring (bicyclic) bond motifs is 10. The lowest BCUT2D eigenvalue weighted by molar-refractivity contribution is 0.646. The molecule has 0 bridgehead atoms. The zero-order chi connectivity index (χ0) is 30.6. The fraction of sp³-hybridized carbons (Fsp3) is 0.0698. The van der Waals surface area contributed by atoms with Crippen molar-refractivity contribution >= 4 is 43.6 Å². The van der Waals surface area contributed by atoms with Crippen LogP contribution in [0.25, 0.3) is 71.9 Å². The number of hydrogen-bond acceptors (Lipinski definition) is 0. The molecule has 46 heavy (non-hydrogen) atoms. The number of hydrogen-bond donors (Lipinski definition) is 0. The first-order valence-electron chi connectivity index (χ1n) is 16.1.